The number of aromatic nitrogens is 1. The molecule has 46 heavy (non-hydrogen) atoms. The topological polar surface area (TPSA) is 79.4 Å². The van der Waals surface area contributed by atoms with Gasteiger partial charge in [0.25, 0.3) is 0 Å². The molecule has 4 aromatic rings. The van der Waals surface area contributed by atoms with Crippen LogP contribution in [0.25, 0.3) is 10.9 Å². The van der Waals surface area contributed by atoms with Gasteiger partial charge in [-0.2, -0.15) is 0 Å². The van der Waals surface area contributed by atoms with Gasteiger partial charge in [-0.3, -0.25) is 9.88 Å². The molecular formula is C35H37F2N5O4. The summed E-state index contributed by atoms with van der Waals surface area (Å²) in [5.74, 6) is 1.23. The predicted octanol–water partition coefficient (Wildman–Crippen LogP) is 7.60. The van der Waals surface area contributed by atoms with E-state index in [-0.39, 0.29) is 18.1 Å². The standard InChI is InChI=1S/C35H37F2N5O4/c1-24-11-15-40(16-12-24)14-5-19-45-34-22-29-26(21-33(34)44-2)31(10-13-38-29)46-32-9-8-25(20-28(32)37)39-35(43)42-18-17-41(23-42)30-7-4-3-6-27(30)36/h3-4,6-10,13,17-18,20-22,24H,5,11-12,14-16,19,23H2,1-2H3,(H,39,43). The molecule has 1 saturated heterocycles. The van der Waals surface area contributed by atoms with Crippen LogP contribution in [0.1, 0.15) is 26.2 Å². The molecule has 0 radical (unpaired) electrons. The van der Waals surface area contributed by atoms with Crippen LogP contribution in [0, 0.1) is 17.6 Å². The van der Waals surface area contributed by atoms with Crippen LogP contribution < -0.4 is 24.4 Å². The first-order valence-corrected chi connectivity index (χ1v) is 15.4. The van der Waals surface area contributed by atoms with E-state index < -0.39 is 17.7 Å². The molecule has 1 fully saturated rings. The lowest BCUT2D eigenvalue weighted by Crippen LogP contribution is -2.34. The zero-order valence-electron chi connectivity index (χ0n) is 25.9. The van der Waals surface area contributed by atoms with Crippen LogP contribution in [0.4, 0.5) is 25.0 Å². The van der Waals surface area contributed by atoms with Crippen molar-refractivity contribution < 1.29 is 27.8 Å². The molecule has 0 spiro atoms. The van der Waals surface area contributed by atoms with Crippen LogP contribution in [0.2, 0.25) is 0 Å². The minimum absolute atomic E-state index is 0.0244. The summed E-state index contributed by atoms with van der Waals surface area (Å²) in [5, 5.41) is 3.30. The van der Waals surface area contributed by atoms with Crippen LogP contribution >= 0.6 is 0 Å². The minimum atomic E-state index is -0.664. The number of benzene rings is 3. The fraction of sp³-hybridized carbons (Fsp3) is 0.314. The maximum atomic E-state index is 15.2. The Balaban J connectivity index is 1.08. The van der Waals surface area contributed by atoms with Crippen molar-refractivity contribution >= 4 is 28.3 Å². The SMILES string of the molecule is COc1cc2c(Oc3ccc(NC(=O)N4C=CN(c5ccccc5F)C4)cc3F)ccnc2cc1OCCCN1CCC(C)CC1. The molecule has 11 heteroatoms. The molecule has 9 nitrogen and oxygen atoms in total. The normalized spacial score (nSPS) is 15.4. The molecule has 0 atom stereocenters. The fourth-order valence-electron chi connectivity index (χ4n) is 5.61. The third-order valence-electron chi connectivity index (χ3n) is 8.30. The van der Waals surface area contributed by atoms with Gasteiger partial charge in [0.2, 0.25) is 0 Å². The number of ether oxygens (including phenoxy) is 3. The number of carbonyl (C=O) groups excluding carboxylic acids is 1. The maximum Gasteiger partial charge on any atom is 0.327 e. The van der Waals surface area contributed by atoms with E-state index in [4.69, 9.17) is 14.2 Å². The average Bonchev–Trinajstić information content (AvgIpc) is 3.55. The van der Waals surface area contributed by atoms with Crippen LogP contribution in [0.15, 0.2) is 79.3 Å². The van der Waals surface area contributed by atoms with Gasteiger partial charge in [0.05, 0.1) is 24.9 Å². The highest BCUT2D eigenvalue weighted by Gasteiger charge is 2.22. The number of urea groups is 1. The lowest BCUT2D eigenvalue weighted by Gasteiger charge is -2.30. The van der Waals surface area contributed by atoms with Crippen LogP contribution in [-0.2, 0) is 0 Å². The number of piperidine rings is 1. The highest BCUT2D eigenvalue weighted by Crippen LogP contribution is 2.38. The highest BCUT2D eigenvalue weighted by atomic mass is 19.1. The Bertz CT molecular complexity index is 1730. The van der Waals surface area contributed by atoms with E-state index in [1.54, 1.807) is 66.9 Å². The van der Waals surface area contributed by atoms with Crippen molar-refractivity contribution in [3.8, 4) is 23.0 Å². The molecule has 2 aliphatic heterocycles. The number of rotatable bonds is 10. The summed E-state index contributed by atoms with van der Waals surface area (Å²) in [7, 11) is 1.57. The molecule has 240 valence electrons. The molecule has 0 bridgehead atoms. The average molecular weight is 630 g/mol. The van der Waals surface area contributed by atoms with Crippen molar-refractivity contribution in [3.05, 3.63) is 90.9 Å². The number of hydrogen-bond acceptors (Lipinski definition) is 7. The number of methoxy groups -OCH3 is 1. The second-order valence-electron chi connectivity index (χ2n) is 11.6. The van der Waals surface area contributed by atoms with Gasteiger partial charge in [-0.15, -0.1) is 0 Å². The van der Waals surface area contributed by atoms with Gasteiger partial charge in [-0.25, -0.2) is 13.6 Å². The Hall–Kier alpha value is -4.90. The van der Waals surface area contributed by atoms with Crippen molar-refractivity contribution in [2.45, 2.75) is 26.2 Å². The highest BCUT2D eigenvalue weighted by molar-refractivity contribution is 5.91. The number of carbonyl (C=O) groups is 1. The van der Waals surface area contributed by atoms with E-state index in [0.29, 0.717) is 40.4 Å². The molecule has 0 saturated carbocycles. The van der Waals surface area contributed by atoms with Crippen molar-refractivity contribution in [2.75, 3.05) is 50.2 Å². The minimum Gasteiger partial charge on any atom is -0.493 e. The fourth-order valence-corrected chi connectivity index (χ4v) is 5.61. The number of likely N-dealkylation sites (tertiary alicyclic amines) is 1. The summed E-state index contributed by atoms with van der Waals surface area (Å²) in [6, 6.07) is 15.2. The van der Waals surface area contributed by atoms with Crippen LogP contribution in [0.3, 0.4) is 0 Å². The van der Waals surface area contributed by atoms with E-state index in [2.05, 4.69) is 22.1 Å². The Morgan fingerprint density at radius 1 is 0.957 bits per heavy atom. The van der Waals surface area contributed by atoms with E-state index in [1.165, 1.54) is 42.1 Å². The van der Waals surface area contributed by atoms with E-state index in [1.807, 2.05) is 0 Å². The summed E-state index contributed by atoms with van der Waals surface area (Å²) in [6.45, 7) is 6.24. The number of para-hydroxylation sites is 1. The molecule has 1 N–H and O–H groups in total. The molecule has 2 aliphatic rings. The number of amides is 2. The number of halogens is 2. The van der Waals surface area contributed by atoms with Crippen LogP contribution in [-0.4, -0.2) is 60.8 Å². The van der Waals surface area contributed by atoms with Crippen molar-refractivity contribution in [1.29, 1.82) is 0 Å². The molecule has 3 aromatic carbocycles. The Kier molecular flexibility index (Phi) is 9.49. The van der Waals surface area contributed by atoms with Crippen molar-refractivity contribution in [2.24, 2.45) is 5.92 Å². The second-order valence-corrected chi connectivity index (χ2v) is 11.6. The zero-order chi connectivity index (χ0) is 32.0. The van der Waals surface area contributed by atoms with Gasteiger partial charge in [-0.1, -0.05) is 19.1 Å². The number of pyridine rings is 1. The summed E-state index contributed by atoms with van der Waals surface area (Å²) < 4.78 is 47.0. The Labute approximate surface area is 267 Å². The number of hydrogen-bond donors (Lipinski definition) is 1. The van der Waals surface area contributed by atoms with E-state index >= 15 is 4.39 Å². The maximum absolute atomic E-state index is 15.2. The molecule has 1 aromatic heterocycles. The third kappa shape index (κ3) is 7.15. The van der Waals surface area contributed by atoms with Crippen molar-refractivity contribution in [3.63, 3.8) is 0 Å². The molecule has 0 aliphatic carbocycles. The first-order chi connectivity index (χ1) is 22.4. The molecule has 3 heterocycles. The Morgan fingerprint density at radius 3 is 2.57 bits per heavy atom. The van der Waals surface area contributed by atoms with E-state index in [9.17, 15) is 9.18 Å². The smallest absolute Gasteiger partial charge is 0.327 e. The number of fused-ring (bicyclic) bond motifs is 1. The quantitative estimate of drug-likeness (QED) is 0.181. The van der Waals surface area contributed by atoms with Gasteiger partial charge in [0.15, 0.2) is 23.1 Å². The number of nitrogens with one attached hydrogen (secondary N) is 1. The second kappa shape index (κ2) is 14.0. The van der Waals surface area contributed by atoms with Crippen LogP contribution in [0.5, 0.6) is 23.0 Å². The summed E-state index contributed by atoms with van der Waals surface area (Å²) in [6.07, 6.45) is 8.12. The molecular weight excluding hydrogens is 592 g/mol. The van der Waals surface area contributed by atoms with Gasteiger partial charge in [-0.05, 0) is 74.7 Å². The molecule has 0 unspecified atom stereocenters. The predicted molar refractivity (Wildman–Crippen MR) is 173 cm³/mol. The first kappa shape index (κ1) is 31.1. The molecule has 2 amide bonds. The lowest BCUT2D eigenvalue weighted by atomic mass is 9.99. The van der Waals surface area contributed by atoms with Gasteiger partial charge >= 0.3 is 6.03 Å². The lowest BCUT2D eigenvalue weighted by molar-refractivity contribution is 0.176. The van der Waals surface area contributed by atoms with E-state index in [0.717, 1.165) is 32.0 Å². The summed E-state index contributed by atoms with van der Waals surface area (Å²) in [5.41, 5.74) is 1.21. The summed E-state index contributed by atoms with van der Waals surface area (Å²) >= 11 is 0. The zero-order valence-corrected chi connectivity index (χ0v) is 25.9. The Morgan fingerprint density at radius 2 is 1.78 bits per heavy atom. The number of anilines is 2. The van der Waals surface area contributed by atoms with Gasteiger partial charge in [0.1, 0.15) is 18.2 Å². The van der Waals surface area contributed by atoms with Gasteiger partial charge < -0.3 is 29.3 Å². The monoisotopic (exact) mass is 629 g/mol. The summed E-state index contributed by atoms with van der Waals surface area (Å²) in [4.78, 5) is 22.7. The third-order valence-corrected chi connectivity index (χ3v) is 8.30. The first-order valence-electron chi connectivity index (χ1n) is 15.4. The van der Waals surface area contributed by atoms with Crippen molar-refractivity contribution in [1.82, 2.24) is 14.8 Å². The molecule has 6 rings (SSSR count). The van der Waals surface area contributed by atoms with Gasteiger partial charge in [0, 0.05) is 48.3 Å². The number of nitrogens with zero attached hydrogens (tertiary/aromatic N) is 4. The largest absolute Gasteiger partial charge is 0.493 e.